The molecular weight excluding hydrogens is 296 g/mol. The Morgan fingerprint density at radius 2 is 2.09 bits per heavy atom. The van der Waals surface area contributed by atoms with Gasteiger partial charge in [0, 0.05) is 10.9 Å². The smallest absolute Gasteiger partial charge is 0.241 e. The largest absolute Gasteiger partial charge is 0.545 e. The van der Waals surface area contributed by atoms with Gasteiger partial charge >= 0.3 is 0 Å². The summed E-state index contributed by atoms with van der Waals surface area (Å²) in [5, 5.41) is 18.1. The topological polar surface area (TPSA) is 131 Å². The summed E-state index contributed by atoms with van der Waals surface area (Å²) in [7, 11) is 0. The molecule has 23 heavy (non-hydrogen) atoms. The maximum absolute atomic E-state index is 12.1. The maximum atomic E-state index is 12.1. The van der Waals surface area contributed by atoms with Crippen LogP contribution in [0.25, 0.3) is 10.9 Å². The molecule has 2 heterocycles. The molecule has 7 heteroatoms. The summed E-state index contributed by atoms with van der Waals surface area (Å²) in [6, 6.07) is 8.76. The van der Waals surface area contributed by atoms with Crippen molar-refractivity contribution in [3.8, 4) is 0 Å². The van der Waals surface area contributed by atoms with Gasteiger partial charge < -0.3 is 21.4 Å². The van der Waals surface area contributed by atoms with Gasteiger partial charge in [-0.2, -0.15) is 0 Å². The van der Waals surface area contributed by atoms with Crippen LogP contribution in [0.4, 0.5) is 0 Å². The van der Waals surface area contributed by atoms with E-state index in [1.807, 2.05) is 19.1 Å². The summed E-state index contributed by atoms with van der Waals surface area (Å²) in [5.74, 6) is -1.48. The highest BCUT2D eigenvalue weighted by atomic mass is 16.4. The Hall–Kier alpha value is -2.51. The number of aromatic carboxylic acids is 1. The molecule has 2 atom stereocenters. The molecule has 1 saturated heterocycles. The zero-order valence-electron chi connectivity index (χ0n) is 13.3. The van der Waals surface area contributed by atoms with Crippen molar-refractivity contribution in [3.63, 3.8) is 0 Å². The molecule has 7 nitrogen and oxygen atoms in total. The zero-order chi connectivity index (χ0) is 15.9. The molecule has 0 bridgehead atoms. The van der Waals surface area contributed by atoms with Gasteiger partial charge in [-0.1, -0.05) is 25.1 Å². The first-order chi connectivity index (χ1) is 10.4. The Kier molecular flexibility index (Phi) is 4.35. The van der Waals surface area contributed by atoms with Gasteiger partial charge in [0.15, 0.2) is 0 Å². The minimum absolute atomic E-state index is 0. The van der Waals surface area contributed by atoms with Gasteiger partial charge in [-0.3, -0.25) is 10.1 Å². The summed E-state index contributed by atoms with van der Waals surface area (Å²) in [6.07, 6.45) is -0.0567. The number of hydrogen-bond donors (Lipinski definition) is 3. The van der Waals surface area contributed by atoms with E-state index in [0.717, 1.165) is 0 Å². The number of quaternary nitrogens is 1. The van der Waals surface area contributed by atoms with Crippen LogP contribution in [-0.4, -0.2) is 22.4 Å². The molecular formula is C16H20N4O3. The number of amides is 1. The second-order valence-electron chi connectivity index (χ2n) is 5.64. The highest BCUT2D eigenvalue weighted by Crippen LogP contribution is 2.27. The molecule has 2 aromatic rings. The number of carbonyl (C=O) groups excluding carboxylic acids is 2. The first kappa shape index (κ1) is 16.9. The predicted octanol–water partition coefficient (Wildman–Crippen LogP) is 0.861. The third-order valence-electron chi connectivity index (χ3n) is 4.19. The molecule has 3 rings (SSSR count). The Bertz CT molecular complexity index is 777. The van der Waals surface area contributed by atoms with Crippen LogP contribution >= 0.6 is 0 Å². The zero-order valence-corrected chi connectivity index (χ0v) is 13.3. The van der Waals surface area contributed by atoms with E-state index in [9.17, 15) is 14.7 Å². The quantitative estimate of drug-likeness (QED) is 0.773. The second kappa shape index (κ2) is 5.94. The number of pyridine rings is 1. The number of nitrogens with zero attached hydrogens (tertiary/aromatic N) is 1. The highest BCUT2D eigenvalue weighted by Gasteiger charge is 2.42. The summed E-state index contributed by atoms with van der Waals surface area (Å²) in [6.45, 7) is 3.67. The molecule has 0 radical (unpaired) electrons. The van der Waals surface area contributed by atoms with Crippen molar-refractivity contribution in [1.82, 2.24) is 21.8 Å². The van der Waals surface area contributed by atoms with Gasteiger partial charge in [-0.05, 0) is 25.5 Å². The van der Waals surface area contributed by atoms with E-state index in [0.29, 0.717) is 17.3 Å². The summed E-state index contributed by atoms with van der Waals surface area (Å²) >= 11 is 0. The van der Waals surface area contributed by atoms with Crippen molar-refractivity contribution >= 4 is 22.8 Å². The van der Waals surface area contributed by atoms with Gasteiger partial charge in [0.05, 0.1) is 22.7 Å². The lowest BCUT2D eigenvalue weighted by Gasteiger charge is -2.21. The molecule has 1 aromatic heterocycles. The predicted molar refractivity (Wildman–Crippen MR) is 84.8 cm³/mol. The number of aromatic nitrogens is 1. The number of para-hydroxylation sites is 1. The Morgan fingerprint density at radius 3 is 2.70 bits per heavy atom. The van der Waals surface area contributed by atoms with Gasteiger partial charge in [0.1, 0.15) is 6.17 Å². The number of carboxylic acid groups (broad SMARTS) is 1. The monoisotopic (exact) mass is 316 g/mol. The third kappa shape index (κ3) is 2.76. The summed E-state index contributed by atoms with van der Waals surface area (Å²) < 4.78 is 0. The van der Waals surface area contributed by atoms with Crippen LogP contribution in [0.1, 0.15) is 42.5 Å². The van der Waals surface area contributed by atoms with Crippen LogP contribution in [0.5, 0.6) is 0 Å². The Balaban J connectivity index is 0.00000192. The average Bonchev–Trinajstić information content (AvgIpc) is 2.82. The number of rotatable bonds is 3. The molecule has 0 aliphatic carbocycles. The SMILES string of the molecule is CCC1(C)NC(c2nc3ccccc3cc2C(=O)[O-])NC1=O.[NH4+]. The lowest BCUT2D eigenvalue weighted by molar-refractivity contribution is -0.255. The van der Waals surface area contributed by atoms with Crippen molar-refractivity contribution in [2.24, 2.45) is 0 Å². The number of nitrogens with one attached hydrogen (secondary N) is 2. The summed E-state index contributed by atoms with van der Waals surface area (Å²) in [4.78, 5) is 27.9. The second-order valence-corrected chi connectivity index (χ2v) is 5.64. The fourth-order valence-electron chi connectivity index (χ4n) is 2.62. The average molecular weight is 316 g/mol. The molecule has 1 aromatic carbocycles. The third-order valence-corrected chi connectivity index (χ3v) is 4.19. The lowest BCUT2D eigenvalue weighted by Crippen LogP contribution is -2.42. The van der Waals surface area contributed by atoms with E-state index in [1.54, 1.807) is 19.1 Å². The fraction of sp³-hybridized carbons (Fsp3) is 0.312. The van der Waals surface area contributed by atoms with Crippen molar-refractivity contribution in [2.45, 2.75) is 32.0 Å². The molecule has 1 aliphatic rings. The van der Waals surface area contributed by atoms with E-state index in [4.69, 9.17) is 0 Å². The van der Waals surface area contributed by atoms with Crippen molar-refractivity contribution in [2.75, 3.05) is 0 Å². The normalized spacial score (nSPS) is 23.4. The van der Waals surface area contributed by atoms with Crippen LogP contribution in [0.15, 0.2) is 30.3 Å². The minimum Gasteiger partial charge on any atom is -0.545 e. The maximum Gasteiger partial charge on any atom is 0.241 e. The van der Waals surface area contributed by atoms with E-state index in [2.05, 4.69) is 15.6 Å². The Labute approximate surface area is 133 Å². The molecule has 1 amide bonds. The molecule has 122 valence electrons. The Morgan fingerprint density at radius 1 is 1.39 bits per heavy atom. The van der Waals surface area contributed by atoms with Crippen molar-refractivity contribution in [3.05, 3.63) is 41.6 Å². The van der Waals surface area contributed by atoms with E-state index in [-0.39, 0.29) is 23.3 Å². The van der Waals surface area contributed by atoms with E-state index < -0.39 is 17.7 Å². The fourth-order valence-corrected chi connectivity index (χ4v) is 2.62. The number of carboxylic acids is 1. The molecule has 1 aliphatic heterocycles. The number of benzene rings is 1. The standard InChI is InChI=1S/C16H17N3O3.H3N/c1-3-16(2)15(22)18-13(19-16)12-10(14(20)21)8-9-6-4-5-7-11(9)17-12;/h4-8,13,19H,3H2,1-2H3,(H,18,22)(H,20,21);1H3. The summed E-state index contributed by atoms with van der Waals surface area (Å²) in [5.41, 5.74) is 0.186. The van der Waals surface area contributed by atoms with Crippen LogP contribution in [-0.2, 0) is 4.79 Å². The lowest BCUT2D eigenvalue weighted by atomic mass is 10.00. The molecule has 6 N–H and O–H groups in total. The van der Waals surface area contributed by atoms with Gasteiger partial charge in [0.2, 0.25) is 5.91 Å². The van der Waals surface area contributed by atoms with Crippen molar-refractivity contribution in [1.29, 1.82) is 0 Å². The van der Waals surface area contributed by atoms with Crippen LogP contribution < -0.4 is 21.9 Å². The molecule has 2 unspecified atom stereocenters. The molecule has 0 saturated carbocycles. The number of fused-ring (bicyclic) bond motifs is 1. The van der Waals surface area contributed by atoms with E-state index in [1.165, 1.54) is 6.07 Å². The van der Waals surface area contributed by atoms with Crippen LogP contribution in [0.3, 0.4) is 0 Å². The first-order valence-corrected chi connectivity index (χ1v) is 7.14. The minimum atomic E-state index is -1.31. The molecule has 1 fully saturated rings. The number of carbonyl (C=O) groups is 2. The van der Waals surface area contributed by atoms with Crippen LogP contribution in [0.2, 0.25) is 0 Å². The van der Waals surface area contributed by atoms with Gasteiger partial charge in [0.25, 0.3) is 0 Å². The van der Waals surface area contributed by atoms with Crippen molar-refractivity contribution < 1.29 is 14.7 Å². The highest BCUT2D eigenvalue weighted by molar-refractivity contribution is 5.94. The number of hydrogen-bond acceptors (Lipinski definition) is 5. The van der Waals surface area contributed by atoms with E-state index >= 15 is 0 Å². The molecule has 0 spiro atoms. The van der Waals surface area contributed by atoms with Gasteiger partial charge in [-0.25, -0.2) is 4.98 Å². The van der Waals surface area contributed by atoms with Crippen LogP contribution in [0, 0.1) is 0 Å². The van der Waals surface area contributed by atoms with Gasteiger partial charge in [-0.15, -0.1) is 0 Å². The first-order valence-electron chi connectivity index (χ1n) is 7.14.